The van der Waals surface area contributed by atoms with Gasteiger partial charge in [0.1, 0.15) is 12.2 Å². The first-order valence-corrected chi connectivity index (χ1v) is 16.5. The number of benzene rings is 4. The van der Waals surface area contributed by atoms with E-state index in [4.69, 9.17) is 20.9 Å². The summed E-state index contributed by atoms with van der Waals surface area (Å²) in [7, 11) is 4.20. The molecule has 250 valence electrons. The van der Waals surface area contributed by atoms with Crippen LogP contribution in [0.3, 0.4) is 0 Å². The summed E-state index contributed by atoms with van der Waals surface area (Å²) in [5, 5.41) is 0. The Hall–Kier alpha value is -4.60. The molecule has 2 heterocycles. The first-order chi connectivity index (χ1) is 23.3. The Balaban J connectivity index is 0.000000188. The number of carbonyl (C=O) groups is 2. The second-order valence-corrected chi connectivity index (χ2v) is 12.5. The van der Waals surface area contributed by atoms with Gasteiger partial charge in [-0.2, -0.15) is 0 Å². The molecule has 2 amide bonds. The Morgan fingerprint density at radius 3 is 1.77 bits per heavy atom. The fourth-order valence-electron chi connectivity index (χ4n) is 6.12. The lowest BCUT2D eigenvalue weighted by atomic mass is 9.93. The molecule has 0 fully saturated rings. The lowest BCUT2D eigenvalue weighted by Gasteiger charge is -2.29. The van der Waals surface area contributed by atoms with Gasteiger partial charge in [0, 0.05) is 38.7 Å². The monoisotopic (exact) mass is 646 g/mol. The molecule has 8 heteroatoms. The second-order valence-electron chi connectivity index (χ2n) is 12.5. The highest BCUT2D eigenvalue weighted by Gasteiger charge is 2.23. The average Bonchev–Trinajstić information content (AvgIpc) is 3.07. The second kappa shape index (κ2) is 17.0. The molecule has 4 N–H and O–H groups in total. The molecule has 2 unspecified atom stereocenters. The average molecular weight is 647 g/mol. The van der Waals surface area contributed by atoms with Gasteiger partial charge in [0.05, 0.1) is 13.2 Å². The number of fused-ring (bicyclic) bond motifs is 2. The number of nitrogens with two attached hydrogens (primary N) is 2. The van der Waals surface area contributed by atoms with Gasteiger partial charge in [0.2, 0.25) is 11.8 Å². The lowest BCUT2D eigenvalue weighted by molar-refractivity contribution is -0.118. The molecule has 48 heavy (non-hydrogen) atoms. The van der Waals surface area contributed by atoms with Crippen LogP contribution in [0.4, 0.5) is 0 Å². The van der Waals surface area contributed by atoms with Crippen molar-refractivity contribution in [2.24, 2.45) is 11.5 Å². The number of amides is 2. The van der Waals surface area contributed by atoms with Gasteiger partial charge in [-0.1, -0.05) is 91.0 Å². The minimum absolute atomic E-state index is 0.0663. The Morgan fingerprint density at radius 1 is 0.729 bits per heavy atom. The third-order valence-corrected chi connectivity index (χ3v) is 8.65. The van der Waals surface area contributed by atoms with Crippen molar-refractivity contribution in [2.45, 2.75) is 38.1 Å². The van der Waals surface area contributed by atoms with Gasteiger partial charge in [0.15, 0.2) is 0 Å². The molecule has 8 nitrogen and oxygen atoms in total. The van der Waals surface area contributed by atoms with E-state index in [9.17, 15) is 9.59 Å². The van der Waals surface area contributed by atoms with Gasteiger partial charge in [-0.25, -0.2) is 0 Å². The number of rotatable bonds is 7. The lowest BCUT2D eigenvalue weighted by Crippen LogP contribution is -2.28. The molecule has 0 aliphatic carbocycles. The van der Waals surface area contributed by atoms with E-state index in [1.807, 2.05) is 42.5 Å². The predicted molar refractivity (Wildman–Crippen MR) is 190 cm³/mol. The van der Waals surface area contributed by atoms with Crippen molar-refractivity contribution >= 4 is 17.9 Å². The Labute approximate surface area is 283 Å². The first kappa shape index (κ1) is 34.7. The van der Waals surface area contributed by atoms with Crippen LogP contribution in [0, 0.1) is 0 Å². The number of hydrogen-bond acceptors (Lipinski definition) is 6. The number of hydrogen-bond donors (Lipinski definition) is 2. The van der Waals surface area contributed by atoms with Crippen LogP contribution < -0.4 is 11.5 Å². The molecule has 0 saturated carbocycles. The molecule has 2 aliphatic rings. The Kier molecular flexibility index (Phi) is 12.3. The predicted octanol–water partition coefficient (Wildman–Crippen LogP) is 5.39. The van der Waals surface area contributed by atoms with E-state index in [-0.39, 0.29) is 18.1 Å². The summed E-state index contributed by atoms with van der Waals surface area (Å²) in [5.74, 6) is -0.713. The summed E-state index contributed by atoms with van der Waals surface area (Å²) in [6, 6.07) is 33.2. The molecule has 2 atom stereocenters. The zero-order valence-corrected chi connectivity index (χ0v) is 27.9. The summed E-state index contributed by atoms with van der Waals surface area (Å²) in [4.78, 5) is 26.6. The standard InChI is InChI=1S/C20H24N2O2.C20H22N2O2/c2*1-22-11-12-24-20(16-5-3-2-4-6-16)18-13-15(8-10-19(21)23)7-9-17(18)14-22/h2-7,9,13,20H,8,10-12,14H2,1H3,(H2,21,23);2-10,13,20H,11-12,14H2,1H3,(H2,21,23)/b;10-8+. The van der Waals surface area contributed by atoms with E-state index in [1.165, 1.54) is 22.8 Å². The van der Waals surface area contributed by atoms with E-state index in [1.54, 1.807) is 6.08 Å². The number of carbonyl (C=O) groups excluding carboxylic acids is 2. The number of primary amides is 2. The van der Waals surface area contributed by atoms with Crippen LogP contribution in [0.25, 0.3) is 6.08 Å². The fourth-order valence-corrected chi connectivity index (χ4v) is 6.12. The van der Waals surface area contributed by atoms with Gasteiger partial charge in [-0.3, -0.25) is 19.4 Å². The molecule has 0 radical (unpaired) electrons. The highest BCUT2D eigenvalue weighted by atomic mass is 16.5. The van der Waals surface area contributed by atoms with Crippen molar-refractivity contribution in [2.75, 3.05) is 40.4 Å². The van der Waals surface area contributed by atoms with Crippen molar-refractivity contribution in [3.8, 4) is 0 Å². The minimum Gasteiger partial charge on any atom is -0.370 e. The van der Waals surface area contributed by atoms with Gasteiger partial charge >= 0.3 is 0 Å². The highest BCUT2D eigenvalue weighted by molar-refractivity contribution is 5.90. The normalized spacial score (nSPS) is 18.6. The molecule has 4 aromatic carbocycles. The van der Waals surface area contributed by atoms with E-state index in [2.05, 4.69) is 78.5 Å². The number of ether oxygens (including phenoxy) is 2. The molecule has 0 aromatic heterocycles. The van der Waals surface area contributed by atoms with Crippen LogP contribution in [0.2, 0.25) is 0 Å². The van der Waals surface area contributed by atoms with Crippen molar-refractivity contribution < 1.29 is 19.1 Å². The van der Waals surface area contributed by atoms with E-state index in [0.717, 1.165) is 54.0 Å². The molecule has 0 saturated heterocycles. The van der Waals surface area contributed by atoms with Crippen LogP contribution >= 0.6 is 0 Å². The zero-order chi connectivity index (χ0) is 33.9. The first-order valence-electron chi connectivity index (χ1n) is 16.5. The molecule has 6 rings (SSSR count). The number of likely N-dealkylation sites (N-methyl/N-ethyl adjacent to an activating group) is 2. The topological polar surface area (TPSA) is 111 Å². The van der Waals surface area contributed by atoms with Gasteiger partial charge in [-0.05, 0) is 77.2 Å². The van der Waals surface area contributed by atoms with Crippen LogP contribution in [0.1, 0.15) is 63.1 Å². The summed E-state index contributed by atoms with van der Waals surface area (Å²) in [6.45, 7) is 4.95. The summed E-state index contributed by atoms with van der Waals surface area (Å²) >= 11 is 0. The molecular weight excluding hydrogens is 600 g/mol. The van der Waals surface area contributed by atoms with Gasteiger partial charge in [-0.15, -0.1) is 0 Å². The Bertz CT molecular complexity index is 1690. The highest BCUT2D eigenvalue weighted by Crippen LogP contribution is 2.33. The third-order valence-electron chi connectivity index (χ3n) is 8.65. The van der Waals surface area contributed by atoms with Crippen molar-refractivity contribution in [1.82, 2.24) is 9.80 Å². The van der Waals surface area contributed by atoms with E-state index < -0.39 is 5.91 Å². The van der Waals surface area contributed by atoms with Crippen LogP contribution in [0.15, 0.2) is 103 Å². The SMILES string of the molecule is CN1CCOC(c2ccccc2)c2cc(/C=C/C(N)=O)ccc2C1.CN1CCOC(c2ccccc2)c2cc(CCC(N)=O)ccc2C1. The van der Waals surface area contributed by atoms with Crippen LogP contribution in [0.5, 0.6) is 0 Å². The van der Waals surface area contributed by atoms with Crippen molar-refractivity contribution in [3.05, 3.63) is 148 Å². The maximum absolute atomic E-state index is 11.1. The van der Waals surface area contributed by atoms with Crippen molar-refractivity contribution in [1.29, 1.82) is 0 Å². The third kappa shape index (κ3) is 9.71. The smallest absolute Gasteiger partial charge is 0.241 e. The maximum atomic E-state index is 11.1. The molecule has 4 aromatic rings. The number of aryl methyl sites for hydroxylation is 1. The van der Waals surface area contributed by atoms with E-state index in [0.29, 0.717) is 26.1 Å². The quantitative estimate of drug-likeness (QED) is 0.261. The molecule has 2 aliphatic heterocycles. The van der Waals surface area contributed by atoms with Crippen LogP contribution in [-0.4, -0.2) is 62.0 Å². The molecular formula is C40H46N4O4. The van der Waals surface area contributed by atoms with Gasteiger partial charge < -0.3 is 20.9 Å². The summed E-state index contributed by atoms with van der Waals surface area (Å²) in [6.07, 6.45) is 4.00. The van der Waals surface area contributed by atoms with Crippen molar-refractivity contribution in [3.63, 3.8) is 0 Å². The Morgan fingerprint density at radius 2 is 1.25 bits per heavy atom. The number of nitrogens with zero attached hydrogens (tertiary/aromatic N) is 2. The minimum atomic E-state index is -0.447. The fraction of sp³-hybridized carbons (Fsp3) is 0.300. The zero-order valence-electron chi connectivity index (χ0n) is 27.9. The van der Waals surface area contributed by atoms with Gasteiger partial charge in [0.25, 0.3) is 0 Å². The molecule has 0 bridgehead atoms. The summed E-state index contributed by atoms with van der Waals surface area (Å²) < 4.78 is 12.4. The molecule has 0 spiro atoms. The largest absolute Gasteiger partial charge is 0.370 e. The van der Waals surface area contributed by atoms with E-state index >= 15 is 0 Å². The van der Waals surface area contributed by atoms with Crippen LogP contribution in [-0.2, 0) is 38.6 Å². The summed E-state index contributed by atoms with van der Waals surface area (Å²) in [5.41, 5.74) is 19.7. The maximum Gasteiger partial charge on any atom is 0.241 e.